The van der Waals surface area contributed by atoms with Crippen LogP contribution in [0.2, 0.25) is 0 Å². The van der Waals surface area contributed by atoms with Crippen LogP contribution in [0.15, 0.2) is 48.6 Å². The van der Waals surface area contributed by atoms with E-state index >= 15 is 0 Å². The van der Waals surface area contributed by atoms with Crippen molar-refractivity contribution in [1.29, 1.82) is 0 Å². The maximum absolute atomic E-state index is 11.3. The van der Waals surface area contributed by atoms with Gasteiger partial charge < -0.3 is 9.84 Å². The predicted octanol–water partition coefficient (Wildman–Crippen LogP) is 5.61. The first-order chi connectivity index (χ1) is 14.9. The minimum Gasteiger partial charge on any atom is -0.508 e. The van der Waals surface area contributed by atoms with E-state index in [0.29, 0.717) is 17.9 Å². The van der Waals surface area contributed by atoms with Crippen LogP contribution in [0.25, 0.3) is 22.2 Å². The molecule has 0 saturated heterocycles. The van der Waals surface area contributed by atoms with Gasteiger partial charge in [-0.15, -0.1) is 0 Å². The van der Waals surface area contributed by atoms with Crippen LogP contribution in [0.3, 0.4) is 0 Å². The van der Waals surface area contributed by atoms with Gasteiger partial charge in [-0.3, -0.25) is 0 Å². The number of hydrogen-bond acceptors (Lipinski definition) is 5. The Morgan fingerprint density at radius 1 is 1.13 bits per heavy atom. The van der Waals surface area contributed by atoms with Crippen LogP contribution in [0.4, 0.5) is 0 Å². The molecule has 164 valence electrons. The van der Waals surface area contributed by atoms with Crippen LogP contribution in [0.5, 0.6) is 5.75 Å². The van der Waals surface area contributed by atoms with Gasteiger partial charge in [-0.1, -0.05) is 45.0 Å². The van der Waals surface area contributed by atoms with Gasteiger partial charge in [0.2, 0.25) is 0 Å². The summed E-state index contributed by atoms with van der Waals surface area (Å²) in [4.78, 5) is 13.1. The molecule has 0 saturated carbocycles. The lowest BCUT2D eigenvalue weighted by atomic mass is 9.96. The maximum atomic E-state index is 11.3. The van der Waals surface area contributed by atoms with Crippen molar-refractivity contribution in [1.82, 2.24) is 15.0 Å². The summed E-state index contributed by atoms with van der Waals surface area (Å²) in [6, 6.07) is 11.7. The molecule has 0 amide bonds. The van der Waals surface area contributed by atoms with Crippen molar-refractivity contribution in [2.45, 2.75) is 58.9 Å². The summed E-state index contributed by atoms with van der Waals surface area (Å²) in [6.45, 7) is 10.5. The lowest BCUT2D eigenvalue weighted by molar-refractivity contribution is -0.139. The highest BCUT2D eigenvalue weighted by molar-refractivity contribution is 5.91. The third-order valence-electron chi connectivity index (χ3n) is 5.25. The number of aryl methyl sites for hydroxylation is 1. The van der Waals surface area contributed by atoms with Gasteiger partial charge in [0.1, 0.15) is 16.8 Å². The van der Waals surface area contributed by atoms with Crippen LogP contribution >= 0.6 is 0 Å². The van der Waals surface area contributed by atoms with Crippen molar-refractivity contribution in [2.75, 3.05) is 6.61 Å². The number of nitrogens with zero attached hydrogens (tertiary/aromatic N) is 3. The van der Waals surface area contributed by atoms with Crippen molar-refractivity contribution < 1.29 is 14.6 Å². The van der Waals surface area contributed by atoms with Gasteiger partial charge in [-0.05, 0) is 61.4 Å². The molecule has 0 fully saturated rings. The first kappa shape index (κ1) is 22.5. The Labute approximate surface area is 183 Å². The van der Waals surface area contributed by atoms with E-state index in [0.717, 1.165) is 60.0 Å². The lowest BCUT2D eigenvalue weighted by Crippen LogP contribution is -2.06. The Hall–Kier alpha value is -3.15. The normalized spacial score (nSPS) is 11.2. The molecule has 6 nitrogen and oxygen atoms in total. The van der Waals surface area contributed by atoms with E-state index in [1.54, 1.807) is 17.8 Å². The molecule has 6 heteroatoms. The Kier molecular flexibility index (Phi) is 7.45. The first-order valence-corrected chi connectivity index (χ1v) is 10.9. The van der Waals surface area contributed by atoms with Crippen molar-refractivity contribution in [2.24, 2.45) is 0 Å². The van der Waals surface area contributed by atoms with E-state index in [4.69, 9.17) is 9.84 Å². The molecule has 0 aliphatic carbocycles. The molecule has 3 rings (SSSR count). The number of phenols is 1. The molecule has 0 bridgehead atoms. The Morgan fingerprint density at radius 2 is 1.90 bits per heavy atom. The van der Waals surface area contributed by atoms with Gasteiger partial charge in [0.15, 0.2) is 0 Å². The van der Waals surface area contributed by atoms with Crippen LogP contribution in [-0.4, -0.2) is 32.7 Å². The predicted molar refractivity (Wildman–Crippen MR) is 123 cm³/mol. The molecule has 1 heterocycles. The Bertz CT molecular complexity index is 1070. The molecule has 1 aromatic heterocycles. The number of aromatic hydroxyl groups is 1. The molecule has 0 atom stereocenters. The van der Waals surface area contributed by atoms with E-state index in [1.807, 2.05) is 30.3 Å². The fraction of sp³-hybridized carbons (Fsp3) is 0.400. The second-order valence-electron chi connectivity index (χ2n) is 8.23. The van der Waals surface area contributed by atoms with Gasteiger partial charge in [-0.2, -0.15) is 15.0 Å². The zero-order chi connectivity index (χ0) is 22.4. The maximum Gasteiger partial charge on any atom is 0.333 e. The number of phenolic OH excluding ortho intramolecular Hbond substituents is 1. The number of ether oxygens (including phenoxy) is 1. The summed E-state index contributed by atoms with van der Waals surface area (Å²) in [5, 5.41) is 19.5. The second-order valence-corrected chi connectivity index (χ2v) is 8.23. The van der Waals surface area contributed by atoms with Gasteiger partial charge in [-0.25, -0.2) is 4.79 Å². The van der Waals surface area contributed by atoms with Gasteiger partial charge in [0.05, 0.1) is 13.2 Å². The second kappa shape index (κ2) is 10.2. The third kappa shape index (κ3) is 5.72. The molecular weight excluding hydrogens is 390 g/mol. The number of carbonyl (C=O) groups excluding carboxylic acids is 1. The van der Waals surface area contributed by atoms with Gasteiger partial charge in [0.25, 0.3) is 0 Å². The van der Waals surface area contributed by atoms with Crippen LogP contribution in [-0.2, 0) is 16.1 Å². The summed E-state index contributed by atoms with van der Waals surface area (Å²) < 4.78 is 5.11. The average molecular weight is 422 g/mol. The van der Waals surface area contributed by atoms with E-state index < -0.39 is 0 Å². The highest BCUT2D eigenvalue weighted by atomic mass is 16.5. The van der Waals surface area contributed by atoms with Crippen LogP contribution < -0.4 is 0 Å². The largest absolute Gasteiger partial charge is 0.508 e. The average Bonchev–Trinajstić information content (AvgIpc) is 3.16. The molecule has 0 spiro atoms. The van der Waals surface area contributed by atoms with E-state index in [1.165, 1.54) is 0 Å². The third-order valence-corrected chi connectivity index (χ3v) is 5.25. The summed E-state index contributed by atoms with van der Waals surface area (Å²) in [7, 11) is 0. The molecule has 1 N–H and O–H groups in total. The highest BCUT2D eigenvalue weighted by Gasteiger charge is 2.13. The zero-order valence-electron chi connectivity index (χ0n) is 18.6. The summed E-state index contributed by atoms with van der Waals surface area (Å²) in [5.74, 6) is 0.237. The molecule has 0 aliphatic rings. The van der Waals surface area contributed by atoms with Crippen molar-refractivity contribution in [3.05, 3.63) is 54.1 Å². The quantitative estimate of drug-likeness (QED) is 0.262. The molecule has 3 aromatic rings. The monoisotopic (exact) mass is 421 g/mol. The highest BCUT2D eigenvalue weighted by Crippen LogP contribution is 2.33. The van der Waals surface area contributed by atoms with E-state index in [9.17, 15) is 9.90 Å². The smallest absolute Gasteiger partial charge is 0.333 e. The number of hydrogen-bond donors (Lipinski definition) is 1. The van der Waals surface area contributed by atoms with E-state index in [-0.39, 0.29) is 11.9 Å². The number of rotatable bonds is 10. The lowest BCUT2D eigenvalue weighted by Gasteiger charge is -2.11. The Balaban J connectivity index is 1.61. The molecular formula is C25H31N3O3. The number of carbonyl (C=O) groups is 1. The topological polar surface area (TPSA) is 77.2 Å². The number of esters is 1. The van der Waals surface area contributed by atoms with Crippen molar-refractivity contribution >= 4 is 17.0 Å². The van der Waals surface area contributed by atoms with Crippen LogP contribution in [0.1, 0.15) is 57.9 Å². The molecule has 31 heavy (non-hydrogen) atoms. The number of fused-ring (bicyclic) bond motifs is 1. The SMILES string of the molecule is C=C(C)C(=O)OCCCCCCn1nc2cccc(-c3ccc(O)c(C(C)C)c3)c2n1. The van der Waals surface area contributed by atoms with Crippen molar-refractivity contribution in [3.63, 3.8) is 0 Å². The molecule has 0 radical (unpaired) electrons. The standard InChI is InChI=1S/C25H31N3O3/c1-17(2)21-16-19(12-13-23(21)29)20-10-9-11-22-24(20)27-28(26-22)14-7-5-6-8-15-31-25(30)18(3)4/h9-13,16-17,29H,3,5-8,14-15H2,1-2,4H3. The number of benzene rings is 2. The fourth-order valence-corrected chi connectivity index (χ4v) is 3.49. The molecule has 0 unspecified atom stereocenters. The minimum atomic E-state index is -0.322. The summed E-state index contributed by atoms with van der Waals surface area (Å²) >= 11 is 0. The van der Waals surface area contributed by atoms with Crippen LogP contribution in [0, 0.1) is 0 Å². The van der Waals surface area contributed by atoms with Gasteiger partial charge >= 0.3 is 5.97 Å². The van der Waals surface area contributed by atoms with Gasteiger partial charge in [0, 0.05) is 11.1 Å². The molecule has 2 aromatic carbocycles. The summed E-state index contributed by atoms with van der Waals surface area (Å²) in [6.07, 6.45) is 3.81. The summed E-state index contributed by atoms with van der Waals surface area (Å²) in [5.41, 5.74) is 5.14. The first-order valence-electron chi connectivity index (χ1n) is 10.9. The van der Waals surface area contributed by atoms with E-state index in [2.05, 4.69) is 25.5 Å². The number of unbranched alkanes of at least 4 members (excludes halogenated alkanes) is 3. The Morgan fingerprint density at radius 3 is 2.65 bits per heavy atom. The fourth-order valence-electron chi connectivity index (χ4n) is 3.49. The zero-order valence-corrected chi connectivity index (χ0v) is 18.6. The minimum absolute atomic E-state index is 0.235. The van der Waals surface area contributed by atoms with Crippen molar-refractivity contribution in [3.8, 4) is 16.9 Å². The molecule has 0 aliphatic heterocycles. The number of aromatic nitrogens is 3.